The maximum atomic E-state index is 14.3. The number of phenolic OH excluding ortho intramolecular Hbond substituents is 1. The molecule has 2 aliphatic heterocycles. The van der Waals surface area contributed by atoms with Crippen LogP contribution in [0.15, 0.2) is 12.1 Å². The summed E-state index contributed by atoms with van der Waals surface area (Å²) in [6.07, 6.45) is 2.00. The molecule has 0 unspecified atom stereocenters. The average molecular weight is 615 g/mol. The number of piperidine rings is 2. The first-order chi connectivity index (χ1) is 19.5. The van der Waals surface area contributed by atoms with Crippen molar-refractivity contribution in [1.82, 2.24) is 10.6 Å². The van der Waals surface area contributed by atoms with Crippen LogP contribution in [0.3, 0.4) is 0 Å². The van der Waals surface area contributed by atoms with Crippen LogP contribution in [0, 0.1) is 5.41 Å². The van der Waals surface area contributed by atoms with Crippen LogP contribution in [0.5, 0.6) is 5.75 Å². The van der Waals surface area contributed by atoms with E-state index in [4.69, 9.17) is 9.47 Å². The Bertz CT molecular complexity index is 1130. The van der Waals surface area contributed by atoms with Crippen molar-refractivity contribution in [3.05, 3.63) is 28.8 Å². The van der Waals surface area contributed by atoms with E-state index in [-0.39, 0.29) is 57.4 Å². The predicted molar refractivity (Wildman–Crippen MR) is 178 cm³/mol. The molecule has 2 aliphatic rings. The summed E-state index contributed by atoms with van der Waals surface area (Å²) >= 11 is 0. The second kappa shape index (κ2) is 11.6. The molecule has 0 amide bonds. The summed E-state index contributed by atoms with van der Waals surface area (Å²) in [4.78, 5) is 28.6. The van der Waals surface area contributed by atoms with Crippen molar-refractivity contribution in [2.45, 2.75) is 181 Å². The zero-order valence-electron chi connectivity index (χ0n) is 30.4. The number of carbonyl (C=O) groups is 2. The lowest BCUT2D eigenvalue weighted by atomic mass is 9.75. The largest absolute Gasteiger partial charge is 0.507 e. The summed E-state index contributed by atoms with van der Waals surface area (Å²) in [5.41, 5.74) is -0.824. The Morgan fingerprint density at radius 3 is 1.25 bits per heavy atom. The van der Waals surface area contributed by atoms with Gasteiger partial charge in [-0.2, -0.15) is 0 Å². The minimum Gasteiger partial charge on any atom is -0.507 e. The van der Waals surface area contributed by atoms with E-state index in [0.717, 1.165) is 16.7 Å². The van der Waals surface area contributed by atoms with Crippen molar-refractivity contribution in [2.75, 3.05) is 0 Å². The maximum absolute atomic E-state index is 14.3. The van der Waals surface area contributed by atoms with Crippen molar-refractivity contribution >= 4 is 11.9 Å². The highest BCUT2D eigenvalue weighted by atomic mass is 16.6. The lowest BCUT2D eigenvalue weighted by molar-refractivity contribution is -0.181. The Hall–Kier alpha value is -2.12. The minimum absolute atomic E-state index is 0.104. The second-order valence-corrected chi connectivity index (χ2v) is 18.7. The monoisotopic (exact) mass is 614 g/mol. The normalized spacial score (nSPS) is 22.3. The minimum atomic E-state index is -1.58. The van der Waals surface area contributed by atoms with Gasteiger partial charge in [-0.15, -0.1) is 0 Å². The van der Waals surface area contributed by atoms with E-state index in [1.165, 1.54) is 0 Å². The number of nitrogens with one attached hydrogen (secondary N) is 2. The Morgan fingerprint density at radius 1 is 0.682 bits per heavy atom. The number of hydrogen-bond acceptors (Lipinski definition) is 7. The summed E-state index contributed by atoms with van der Waals surface area (Å²) < 4.78 is 12.5. The molecule has 1 aromatic carbocycles. The Balaban J connectivity index is 2.07. The zero-order chi connectivity index (χ0) is 33.9. The third-order valence-electron chi connectivity index (χ3n) is 9.10. The van der Waals surface area contributed by atoms with E-state index in [9.17, 15) is 14.7 Å². The van der Waals surface area contributed by atoms with Gasteiger partial charge >= 0.3 is 11.9 Å². The summed E-state index contributed by atoms with van der Waals surface area (Å²) in [7, 11) is 0. The van der Waals surface area contributed by atoms with E-state index in [1.807, 2.05) is 12.1 Å². The van der Waals surface area contributed by atoms with Crippen LogP contribution in [0.2, 0.25) is 0 Å². The second-order valence-electron chi connectivity index (χ2n) is 18.7. The molecule has 0 saturated carbocycles. The SMILES string of the molecule is CC1(C)CC(OC(=O)C(C)(Cc2cc(C(C)(C)C)c(O)c(C(C)(C)C)c2)C(=O)OC2CC(C)(C)NC(C)(C)C2)CC(C)(C)N1. The lowest BCUT2D eigenvalue weighted by Gasteiger charge is -2.47. The van der Waals surface area contributed by atoms with Crippen LogP contribution in [-0.4, -0.2) is 51.4 Å². The van der Waals surface area contributed by atoms with Gasteiger partial charge in [0, 0.05) is 47.8 Å². The molecule has 0 aromatic heterocycles. The van der Waals surface area contributed by atoms with Gasteiger partial charge in [0.25, 0.3) is 0 Å². The molecule has 44 heavy (non-hydrogen) atoms. The molecule has 1 aromatic rings. The van der Waals surface area contributed by atoms with Gasteiger partial charge in [0.2, 0.25) is 0 Å². The van der Waals surface area contributed by atoms with Crippen molar-refractivity contribution in [3.8, 4) is 5.75 Å². The standard InChI is InChI=1S/C37H62N2O5/c1-31(2,3)26-16-23(17-27(28(26)40)32(4,5)6)18-37(15,29(41)43-24-19-33(7,8)38-34(9,10)20-24)30(42)44-25-21-35(11,12)39-36(13,14)22-25/h16-17,24-25,38-40H,18-22H2,1-15H3. The molecule has 3 rings (SSSR count). The Labute approximate surface area is 267 Å². The smallest absolute Gasteiger partial charge is 0.323 e. The first kappa shape index (κ1) is 36.3. The highest BCUT2D eigenvalue weighted by Gasteiger charge is 2.50. The number of ether oxygens (including phenoxy) is 2. The van der Waals surface area contributed by atoms with E-state index < -0.39 is 17.4 Å². The number of rotatable bonds is 6. The molecule has 0 spiro atoms. The van der Waals surface area contributed by atoms with Crippen molar-refractivity contribution in [3.63, 3.8) is 0 Å². The Kier molecular flexibility index (Phi) is 9.58. The van der Waals surface area contributed by atoms with Crippen LogP contribution in [0.25, 0.3) is 0 Å². The number of carbonyl (C=O) groups excluding carboxylic acids is 2. The van der Waals surface area contributed by atoms with Crippen molar-refractivity contribution in [1.29, 1.82) is 0 Å². The molecular weight excluding hydrogens is 552 g/mol. The molecule has 2 heterocycles. The lowest BCUT2D eigenvalue weighted by Crippen LogP contribution is -2.61. The number of esters is 2. The molecule has 3 N–H and O–H groups in total. The van der Waals surface area contributed by atoms with Gasteiger partial charge in [0.15, 0.2) is 5.41 Å². The fourth-order valence-electron chi connectivity index (χ4n) is 7.76. The van der Waals surface area contributed by atoms with Gasteiger partial charge in [-0.1, -0.05) is 53.7 Å². The van der Waals surface area contributed by atoms with Crippen LogP contribution in [0.4, 0.5) is 0 Å². The fraction of sp³-hybridized carbons (Fsp3) is 0.784. The molecular formula is C37H62N2O5. The topological polar surface area (TPSA) is 96.9 Å². The van der Waals surface area contributed by atoms with Crippen LogP contribution < -0.4 is 10.6 Å². The third-order valence-corrected chi connectivity index (χ3v) is 9.10. The van der Waals surface area contributed by atoms with Gasteiger partial charge < -0.3 is 25.2 Å². The van der Waals surface area contributed by atoms with Crippen LogP contribution in [-0.2, 0) is 36.3 Å². The molecule has 7 nitrogen and oxygen atoms in total. The first-order valence-corrected chi connectivity index (χ1v) is 16.4. The molecule has 0 atom stereocenters. The average Bonchev–Trinajstić information content (AvgIpc) is 2.73. The maximum Gasteiger partial charge on any atom is 0.323 e. The van der Waals surface area contributed by atoms with E-state index in [1.54, 1.807) is 6.92 Å². The number of hydrogen-bond donors (Lipinski definition) is 3. The van der Waals surface area contributed by atoms with Gasteiger partial charge in [-0.05, 0) is 96.3 Å². The molecule has 0 radical (unpaired) electrons. The molecule has 0 aliphatic carbocycles. The summed E-state index contributed by atoms with van der Waals surface area (Å²) in [5.74, 6) is -0.855. The summed E-state index contributed by atoms with van der Waals surface area (Å²) in [6, 6.07) is 3.88. The van der Waals surface area contributed by atoms with Crippen molar-refractivity contribution in [2.24, 2.45) is 5.41 Å². The van der Waals surface area contributed by atoms with Gasteiger partial charge in [-0.25, -0.2) is 0 Å². The molecule has 7 heteroatoms. The number of aromatic hydroxyl groups is 1. The van der Waals surface area contributed by atoms with Crippen LogP contribution >= 0.6 is 0 Å². The van der Waals surface area contributed by atoms with E-state index in [2.05, 4.69) is 108 Å². The van der Waals surface area contributed by atoms with Gasteiger partial charge in [0.05, 0.1) is 0 Å². The van der Waals surface area contributed by atoms with E-state index in [0.29, 0.717) is 25.7 Å². The van der Waals surface area contributed by atoms with Crippen molar-refractivity contribution < 1.29 is 24.2 Å². The molecule has 2 fully saturated rings. The van der Waals surface area contributed by atoms with Crippen LogP contribution in [0.1, 0.15) is 146 Å². The number of benzene rings is 1. The zero-order valence-corrected chi connectivity index (χ0v) is 30.4. The third kappa shape index (κ3) is 8.78. The fourth-order valence-corrected chi connectivity index (χ4v) is 7.76. The Morgan fingerprint density at radius 2 is 0.977 bits per heavy atom. The highest BCUT2D eigenvalue weighted by Crippen LogP contribution is 2.42. The first-order valence-electron chi connectivity index (χ1n) is 16.4. The molecule has 250 valence electrons. The molecule has 2 saturated heterocycles. The number of phenols is 1. The van der Waals surface area contributed by atoms with Gasteiger partial charge in [0.1, 0.15) is 18.0 Å². The van der Waals surface area contributed by atoms with E-state index >= 15 is 0 Å². The predicted octanol–water partition coefficient (Wildman–Crippen LogP) is 7.24. The quantitative estimate of drug-likeness (QED) is 0.230. The molecule has 0 bridgehead atoms. The van der Waals surface area contributed by atoms with Gasteiger partial charge in [-0.3, -0.25) is 9.59 Å². The summed E-state index contributed by atoms with van der Waals surface area (Å²) in [5, 5.41) is 18.6. The highest BCUT2D eigenvalue weighted by molar-refractivity contribution is 6.00. The summed E-state index contributed by atoms with van der Waals surface area (Å²) in [6.45, 7) is 30.9.